The molecular formula is C18H21N3O6S. The van der Waals surface area contributed by atoms with E-state index in [9.17, 15) is 9.59 Å². The Morgan fingerprint density at radius 3 is 2.79 bits per heavy atom. The Kier molecular flexibility index (Phi) is 7.40. The summed E-state index contributed by atoms with van der Waals surface area (Å²) in [5.74, 6) is -0.667. The number of nitrogens with zero attached hydrogens (tertiary/aromatic N) is 2. The van der Waals surface area contributed by atoms with E-state index in [-0.39, 0.29) is 18.6 Å². The van der Waals surface area contributed by atoms with E-state index in [0.717, 1.165) is 42.7 Å². The van der Waals surface area contributed by atoms with Gasteiger partial charge >= 0.3 is 5.97 Å². The van der Waals surface area contributed by atoms with Crippen LogP contribution in [0.15, 0.2) is 34.5 Å². The van der Waals surface area contributed by atoms with Crippen molar-refractivity contribution in [2.75, 3.05) is 19.8 Å². The van der Waals surface area contributed by atoms with Crippen LogP contribution in [0.4, 0.5) is 0 Å². The quantitative estimate of drug-likeness (QED) is 0.496. The molecule has 0 bridgehead atoms. The molecule has 2 saturated heterocycles. The summed E-state index contributed by atoms with van der Waals surface area (Å²) in [4.78, 5) is 22.3. The van der Waals surface area contributed by atoms with E-state index in [2.05, 4.69) is 15.5 Å². The van der Waals surface area contributed by atoms with Crippen LogP contribution in [0.2, 0.25) is 0 Å². The van der Waals surface area contributed by atoms with E-state index in [1.807, 2.05) is 24.3 Å². The SMILES string of the molecule is O=C(O)CC1SC(=NN=Cc2ccc(OCCC3OCCCO3)cc2)NC1=O. The van der Waals surface area contributed by atoms with Crippen LogP contribution in [0.25, 0.3) is 0 Å². The molecule has 28 heavy (non-hydrogen) atoms. The second-order valence-corrected chi connectivity index (χ2v) is 7.27. The summed E-state index contributed by atoms with van der Waals surface area (Å²) in [5.41, 5.74) is 0.812. The zero-order valence-corrected chi connectivity index (χ0v) is 15.9. The minimum Gasteiger partial charge on any atom is -0.493 e. The van der Waals surface area contributed by atoms with Crippen LogP contribution in [-0.4, -0.2) is 59.7 Å². The molecule has 2 heterocycles. The summed E-state index contributed by atoms with van der Waals surface area (Å²) in [6.07, 6.45) is 2.70. The second kappa shape index (κ2) is 10.2. The van der Waals surface area contributed by atoms with Gasteiger partial charge in [0.25, 0.3) is 0 Å². The van der Waals surface area contributed by atoms with Crippen LogP contribution in [-0.2, 0) is 19.1 Å². The molecule has 9 nitrogen and oxygen atoms in total. The summed E-state index contributed by atoms with van der Waals surface area (Å²) >= 11 is 1.06. The van der Waals surface area contributed by atoms with E-state index in [1.54, 1.807) is 0 Å². The molecule has 0 radical (unpaired) electrons. The van der Waals surface area contributed by atoms with Crippen LogP contribution < -0.4 is 10.1 Å². The Labute approximate surface area is 166 Å². The van der Waals surface area contributed by atoms with Crippen LogP contribution >= 0.6 is 11.8 Å². The van der Waals surface area contributed by atoms with Crippen LogP contribution in [0.5, 0.6) is 5.75 Å². The average Bonchev–Trinajstić information content (AvgIpc) is 3.02. The number of nitrogens with one attached hydrogen (secondary N) is 1. The van der Waals surface area contributed by atoms with E-state index < -0.39 is 11.2 Å². The number of carboxylic acids is 1. The molecule has 0 aromatic heterocycles. The van der Waals surface area contributed by atoms with Crippen molar-refractivity contribution in [1.29, 1.82) is 0 Å². The van der Waals surface area contributed by atoms with Gasteiger partial charge in [-0.1, -0.05) is 11.8 Å². The van der Waals surface area contributed by atoms with Crippen molar-refractivity contribution < 1.29 is 28.9 Å². The Hall–Kier alpha value is -2.43. The summed E-state index contributed by atoms with van der Waals surface area (Å²) < 4.78 is 16.6. The first-order valence-electron chi connectivity index (χ1n) is 8.86. The summed E-state index contributed by atoms with van der Waals surface area (Å²) in [7, 11) is 0. The molecule has 2 aliphatic heterocycles. The van der Waals surface area contributed by atoms with Gasteiger partial charge < -0.3 is 24.6 Å². The number of amidine groups is 1. The number of amides is 1. The fourth-order valence-corrected chi connectivity index (χ4v) is 3.43. The van der Waals surface area contributed by atoms with Gasteiger partial charge in [0.1, 0.15) is 11.0 Å². The van der Waals surface area contributed by atoms with Gasteiger partial charge in [-0.2, -0.15) is 5.10 Å². The zero-order valence-electron chi connectivity index (χ0n) is 15.1. The predicted molar refractivity (Wildman–Crippen MR) is 104 cm³/mol. The molecule has 0 spiro atoms. The van der Waals surface area contributed by atoms with Gasteiger partial charge in [-0.25, -0.2) is 0 Å². The number of carboxylic acid groups (broad SMARTS) is 1. The van der Waals surface area contributed by atoms with Crippen molar-refractivity contribution in [3.05, 3.63) is 29.8 Å². The van der Waals surface area contributed by atoms with Crippen LogP contribution in [0.3, 0.4) is 0 Å². The lowest BCUT2D eigenvalue weighted by atomic mass is 10.2. The lowest BCUT2D eigenvalue weighted by molar-refractivity contribution is -0.183. The molecule has 3 rings (SSSR count). The average molecular weight is 407 g/mol. The van der Waals surface area contributed by atoms with Gasteiger partial charge in [0.2, 0.25) is 5.91 Å². The van der Waals surface area contributed by atoms with Crippen LogP contribution in [0.1, 0.15) is 24.8 Å². The van der Waals surface area contributed by atoms with Gasteiger partial charge in [-0.05, 0) is 36.2 Å². The number of ether oxygens (including phenoxy) is 3. The van der Waals surface area contributed by atoms with E-state index >= 15 is 0 Å². The minimum atomic E-state index is -1.03. The smallest absolute Gasteiger partial charge is 0.305 e. The maximum absolute atomic E-state index is 11.6. The van der Waals surface area contributed by atoms with Crippen molar-refractivity contribution >= 4 is 35.0 Å². The molecule has 1 aromatic rings. The van der Waals surface area contributed by atoms with Gasteiger partial charge in [0.05, 0.1) is 32.5 Å². The number of benzene rings is 1. The number of carbonyl (C=O) groups excluding carboxylic acids is 1. The Morgan fingerprint density at radius 2 is 2.07 bits per heavy atom. The van der Waals surface area contributed by atoms with Gasteiger partial charge in [-0.15, -0.1) is 5.10 Å². The molecule has 1 amide bonds. The van der Waals surface area contributed by atoms with Crippen molar-refractivity contribution in [3.8, 4) is 5.75 Å². The molecule has 1 unspecified atom stereocenters. The third kappa shape index (κ3) is 6.32. The molecule has 0 saturated carbocycles. The summed E-state index contributed by atoms with van der Waals surface area (Å²) in [5, 5.41) is 18.7. The number of aliphatic carboxylic acids is 1. The maximum Gasteiger partial charge on any atom is 0.305 e. The maximum atomic E-state index is 11.6. The normalized spacial score (nSPS) is 21.9. The Morgan fingerprint density at radius 1 is 1.32 bits per heavy atom. The zero-order chi connectivity index (χ0) is 19.8. The van der Waals surface area contributed by atoms with Crippen molar-refractivity contribution in [3.63, 3.8) is 0 Å². The van der Waals surface area contributed by atoms with E-state index in [0.29, 0.717) is 18.2 Å². The van der Waals surface area contributed by atoms with E-state index in [4.69, 9.17) is 19.3 Å². The van der Waals surface area contributed by atoms with Crippen molar-refractivity contribution in [2.24, 2.45) is 10.2 Å². The number of thioether (sulfide) groups is 1. The molecule has 1 atom stereocenters. The van der Waals surface area contributed by atoms with Crippen molar-refractivity contribution in [2.45, 2.75) is 30.8 Å². The van der Waals surface area contributed by atoms with E-state index in [1.165, 1.54) is 6.21 Å². The first-order chi connectivity index (χ1) is 13.6. The molecule has 1 aromatic carbocycles. The number of hydrogen-bond acceptors (Lipinski definition) is 8. The minimum absolute atomic E-state index is 0.191. The van der Waals surface area contributed by atoms with Gasteiger partial charge in [0.15, 0.2) is 11.5 Å². The highest BCUT2D eigenvalue weighted by molar-refractivity contribution is 8.15. The first kappa shape index (κ1) is 20.3. The lowest BCUT2D eigenvalue weighted by Crippen LogP contribution is -2.26. The monoisotopic (exact) mass is 407 g/mol. The summed E-state index contributed by atoms with van der Waals surface area (Å²) in [6, 6.07) is 7.32. The largest absolute Gasteiger partial charge is 0.493 e. The molecule has 2 aliphatic rings. The molecule has 2 fully saturated rings. The number of hydrogen-bond donors (Lipinski definition) is 2. The molecule has 150 valence electrons. The fraction of sp³-hybridized carbons (Fsp3) is 0.444. The summed E-state index contributed by atoms with van der Waals surface area (Å²) in [6.45, 7) is 1.96. The number of carbonyl (C=O) groups is 2. The number of rotatable bonds is 8. The third-order valence-corrected chi connectivity index (χ3v) is 4.96. The van der Waals surface area contributed by atoms with Gasteiger partial charge in [0, 0.05) is 6.42 Å². The van der Waals surface area contributed by atoms with Crippen molar-refractivity contribution in [1.82, 2.24) is 5.32 Å². The predicted octanol–water partition coefficient (Wildman–Crippen LogP) is 1.61. The highest BCUT2D eigenvalue weighted by atomic mass is 32.2. The Balaban J connectivity index is 1.43. The lowest BCUT2D eigenvalue weighted by Gasteiger charge is -2.23. The molecule has 2 N–H and O–H groups in total. The van der Waals surface area contributed by atoms with Gasteiger partial charge in [-0.3, -0.25) is 9.59 Å². The standard InChI is InChI=1S/C18H21N3O6S/c22-15(23)10-14-17(24)20-18(28-14)21-19-11-12-2-4-13(5-3-12)25-9-6-16-26-7-1-8-27-16/h2-5,11,14,16H,1,6-10H2,(H,22,23)(H,20,21,24). The highest BCUT2D eigenvalue weighted by Gasteiger charge is 2.32. The second-order valence-electron chi connectivity index (χ2n) is 6.07. The molecule has 10 heteroatoms. The molecule has 0 aliphatic carbocycles. The first-order valence-corrected chi connectivity index (χ1v) is 9.74. The Bertz CT molecular complexity index is 746. The highest BCUT2D eigenvalue weighted by Crippen LogP contribution is 2.22. The third-order valence-electron chi connectivity index (χ3n) is 3.89. The van der Waals surface area contributed by atoms with Crippen LogP contribution in [0, 0.1) is 0 Å². The molecular weight excluding hydrogens is 386 g/mol. The topological polar surface area (TPSA) is 119 Å². The fourth-order valence-electron chi connectivity index (χ4n) is 2.52.